The summed E-state index contributed by atoms with van der Waals surface area (Å²) in [7, 11) is 0. The number of ether oxygens (including phenoxy) is 1. The van der Waals surface area contributed by atoms with E-state index in [0.29, 0.717) is 11.4 Å². The summed E-state index contributed by atoms with van der Waals surface area (Å²) in [6, 6.07) is 16.4. The zero-order valence-electron chi connectivity index (χ0n) is 13.9. The second-order valence-electron chi connectivity index (χ2n) is 6.02. The van der Waals surface area contributed by atoms with Crippen molar-refractivity contribution in [2.75, 3.05) is 18.5 Å². The first-order valence-corrected chi connectivity index (χ1v) is 8.08. The van der Waals surface area contributed by atoms with Gasteiger partial charge in [-0.2, -0.15) is 0 Å². The first kappa shape index (κ1) is 17.0. The smallest absolute Gasteiger partial charge is 0.278 e. The van der Waals surface area contributed by atoms with E-state index < -0.39 is 17.4 Å². The molecule has 1 atom stereocenters. The third-order valence-corrected chi connectivity index (χ3v) is 4.16. The van der Waals surface area contributed by atoms with Gasteiger partial charge in [-0.05, 0) is 24.6 Å². The van der Waals surface area contributed by atoms with E-state index in [1.165, 1.54) is 11.8 Å². The maximum absolute atomic E-state index is 13.1. The lowest BCUT2D eigenvalue weighted by atomic mass is 10.00. The molecule has 0 saturated heterocycles. The number of nitrogens with one attached hydrogen (secondary N) is 1. The minimum absolute atomic E-state index is 0.113. The molecule has 130 valence electrons. The van der Waals surface area contributed by atoms with Crippen molar-refractivity contribution in [1.82, 2.24) is 4.90 Å². The van der Waals surface area contributed by atoms with Gasteiger partial charge in [0.25, 0.3) is 17.4 Å². The molecule has 0 aliphatic carbocycles. The Morgan fingerprint density at radius 2 is 1.84 bits per heavy atom. The van der Waals surface area contributed by atoms with Gasteiger partial charge in [-0.15, -0.1) is 0 Å². The van der Waals surface area contributed by atoms with Crippen molar-refractivity contribution in [3.8, 4) is 5.75 Å². The molecular weight excluding hydrogens is 320 g/mol. The van der Waals surface area contributed by atoms with E-state index in [1.807, 2.05) is 30.3 Å². The minimum atomic E-state index is -1.68. The van der Waals surface area contributed by atoms with Crippen LogP contribution in [0.2, 0.25) is 0 Å². The number of amides is 2. The molecule has 3 rings (SSSR count). The van der Waals surface area contributed by atoms with Crippen molar-refractivity contribution in [3.63, 3.8) is 0 Å². The fourth-order valence-electron chi connectivity index (χ4n) is 2.79. The van der Waals surface area contributed by atoms with Gasteiger partial charge in [0.1, 0.15) is 5.75 Å². The molecule has 1 aliphatic rings. The maximum atomic E-state index is 13.1. The van der Waals surface area contributed by atoms with Crippen LogP contribution in [0.5, 0.6) is 5.75 Å². The summed E-state index contributed by atoms with van der Waals surface area (Å²) < 4.78 is 5.77. The van der Waals surface area contributed by atoms with Gasteiger partial charge in [0.15, 0.2) is 0 Å². The topological polar surface area (TPSA) is 78.9 Å². The van der Waals surface area contributed by atoms with Crippen molar-refractivity contribution in [2.45, 2.75) is 19.1 Å². The second kappa shape index (κ2) is 6.94. The SMILES string of the molecule is CC1(C(=O)N(CCO)Cc2ccccc2)Oc2ccccc2NC1=O. The van der Waals surface area contributed by atoms with Crippen molar-refractivity contribution in [1.29, 1.82) is 0 Å². The number of rotatable bonds is 5. The van der Waals surface area contributed by atoms with Gasteiger partial charge in [-0.3, -0.25) is 9.59 Å². The molecule has 6 nitrogen and oxygen atoms in total. The van der Waals surface area contributed by atoms with E-state index in [9.17, 15) is 14.7 Å². The molecule has 1 heterocycles. The predicted molar refractivity (Wildman–Crippen MR) is 93.0 cm³/mol. The van der Waals surface area contributed by atoms with Crippen LogP contribution in [0.25, 0.3) is 0 Å². The number of hydrogen-bond donors (Lipinski definition) is 2. The van der Waals surface area contributed by atoms with Crippen LogP contribution in [0.3, 0.4) is 0 Å². The molecule has 2 aromatic rings. The summed E-state index contributed by atoms with van der Waals surface area (Å²) in [6.45, 7) is 1.65. The quantitative estimate of drug-likeness (QED) is 0.814. The van der Waals surface area contributed by atoms with Crippen molar-refractivity contribution < 1.29 is 19.4 Å². The van der Waals surface area contributed by atoms with Gasteiger partial charge < -0.3 is 20.1 Å². The van der Waals surface area contributed by atoms with Crippen LogP contribution in [0.1, 0.15) is 12.5 Å². The Balaban J connectivity index is 1.87. The first-order chi connectivity index (χ1) is 12.0. The zero-order chi connectivity index (χ0) is 17.9. The Morgan fingerprint density at radius 1 is 1.16 bits per heavy atom. The zero-order valence-corrected chi connectivity index (χ0v) is 13.9. The Kier molecular flexibility index (Phi) is 4.72. The fraction of sp³-hybridized carbons (Fsp3) is 0.263. The summed E-state index contributed by atoms with van der Waals surface area (Å²) in [5.41, 5.74) is -0.239. The average Bonchev–Trinajstić information content (AvgIpc) is 2.62. The summed E-state index contributed by atoms with van der Waals surface area (Å²) in [6.07, 6.45) is 0. The Bertz CT molecular complexity index is 778. The van der Waals surface area contributed by atoms with Gasteiger partial charge in [-0.25, -0.2) is 0 Å². The lowest BCUT2D eigenvalue weighted by molar-refractivity contribution is -0.155. The Morgan fingerprint density at radius 3 is 2.56 bits per heavy atom. The molecule has 0 fully saturated rings. The van der Waals surface area contributed by atoms with Gasteiger partial charge in [0, 0.05) is 13.1 Å². The average molecular weight is 340 g/mol. The molecule has 0 bridgehead atoms. The standard InChI is InChI=1S/C19H20N2O4/c1-19(17(23)20-15-9-5-6-10-16(15)25-19)18(24)21(11-12-22)13-14-7-3-2-4-8-14/h2-10,22H,11-13H2,1H3,(H,20,23). The van der Waals surface area contributed by atoms with E-state index in [1.54, 1.807) is 24.3 Å². The van der Waals surface area contributed by atoms with Crippen LogP contribution in [0.15, 0.2) is 54.6 Å². The van der Waals surface area contributed by atoms with Crippen molar-refractivity contribution in [3.05, 3.63) is 60.2 Å². The van der Waals surface area contributed by atoms with Crippen molar-refractivity contribution in [2.24, 2.45) is 0 Å². The van der Waals surface area contributed by atoms with Crippen LogP contribution in [-0.4, -0.2) is 40.6 Å². The van der Waals surface area contributed by atoms with Crippen LogP contribution < -0.4 is 10.1 Å². The third-order valence-electron chi connectivity index (χ3n) is 4.16. The predicted octanol–water partition coefficient (Wildman–Crippen LogP) is 1.80. The highest BCUT2D eigenvalue weighted by Crippen LogP contribution is 2.34. The van der Waals surface area contributed by atoms with Crippen molar-refractivity contribution >= 4 is 17.5 Å². The summed E-state index contributed by atoms with van der Waals surface area (Å²) in [5.74, 6) is -0.564. The van der Waals surface area contributed by atoms with Gasteiger partial charge in [0.2, 0.25) is 0 Å². The number of benzene rings is 2. The Hall–Kier alpha value is -2.86. The number of nitrogens with zero attached hydrogens (tertiary/aromatic N) is 1. The molecule has 0 saturated carbocycles. The lowest BCUT2D eigenvalue weighted by Crippen LogP contribution is -2.59. The summed E-state index contributed by atoms with van der Waals surface area (Å²) in [4.78, 5) is 27.0. The molecule has 2 aromatic carbocycles. The molecule has 2 amide bonds. The second-order valence-corrected chi connectivity index (χ2v) is 6.02. The van der Waals surface area contributed by atoms with E-state index in [-0.39, 0.29) is 19.7 Å². The fourth-order valence-corrected chi connectivity index (χ4v) is 2.79. The molecule has 1 aliphatic heterocycles. The van der Waals surface area contributed by atoms with Gasteiger partial charge in [-0.1, -0.05) is 42.5 Å². The summed E-state index contributed by atoms with van der Waals surface area (Å²) >= 11 is 0. The highest BCUT2D eigenvalue weighted by atomic mass is 16.5. The number of fused-ring (bicyclic) bond motifs is 1. The minimum Gasteiger partial charge on any atom is -0.466 e. The third kappa shape index (κ3) is 3.34. The molecule has 0 aromatic heterocycles. The maximum Gasteiger partial charge on any atom is 0.278 e. The van der Waals surface area contributed by atoms with E-state index in [2.05, 4.69) is 5.32 Å². The molecule has 25 heavy (non-hydrogen) atoms. The molecular formula is C19H20N2O4. The molecule has 6 heteroatoms. The largest absolute Gasteiger partial charge is 0.466 e. The normalized spacial score (nSPS) is 18.7. The highest BCUT2D eigenvalue weighted by molar-refractivity contribution is 6.15. The first-order valence-electron chi connectivity index (χ1n) is 8.08. The monoisotopic (exact) mass is 340 g/mol. The number of para-hydroxylation sites is 2. The number of hydrogen-bond acceptors (Lipinski definition) is 4. The highest BCUT2D eigenvalue weighted by Gasteiger charge is 2.49. The van der Waals surface area contributed by atoms with Crippen LogP contribution in [-0.2, 0) is 16.1 Å². The molecule has 0 radical (unpaired) electrons. The Labute approximate surface area is 146 Å². The van der Waals surface area contributed by atoms with E-state index in [0.717, 1.165) is 5.56 Å². The lowest BCUT2D eigenvalue weighted by Gasteiger charge is -2.37. The molecule has 0 spiro atoms. The van der Waals surface area contributed by atoms with Crippen LogP contribution >= 0.6 is 0 Å². The molecule has 1 unspecified atom stereocenters. The number of carbonyl (C=O) groups excluding carboxylic acids is 2. The number of aliphatic hydroxyl groups excluding tert-OH is 1. The van der Waals surface area contributed by atoms with Crippen LogP contribution in [0.4, 0.5) is 5.69 Å². The van der Waals surface area contributed by atoms with E-state index >= 15 is 0 Å². The number of anilines is 1. The van der Waals surface area contributed by atoms with Gasteiger partial charge in [0.05, 0.1) is 12.3 Å². The number of aliphatic hydroxyl groups is 1. The van der Waals surface area contributed by atoms with Gasteiger partial charge >= 0.3 is 0 Å². The van der Waals surface area contributed by atoms with Crippen LogP contribution in [0, 0.1) is 0 Å². The van der Waals surface area contributed by atoms with E-state index in [4.69, 9.17) is 4.74 Å². The summed E-state index contributed by atoms with van der Waals surface area (Å²) in [5, 5.41) is 12.1. The number of carbonyl (C=O) groups is 2. The molecule has 2 N–H and O–H groups in total.